The molecule has 0 aliphatic rings. The molecule has 0 unspecified atom stereocenters. The van der Waals surface area contributed by atoms with Crippen LogP contribution in [0.15, 0.2) is 78.9 Å². The van der Waals surface area contributed by atoms with Crippen molar-refractivity contribution in [3.05, 3.63) is 95.6 Å². The molecule has 2 heteroatoms. The molecule has 0 aliphatic heterocycles. The molecule has 0 bridgehead atoms. The van der Waals surface area contributed by atoms with Crippen molar-refractivity contribution in [1.82, 2.24) is 0 Å². The quantitative estimate of drug-likeness (QED) is 0.251. The lowest BCUT2D eigenvalue weighted by Crippen LogP contribution is -2.10. The van der Waals surface area contributed by atoms with E-state index in [-0.39, 0.29) is 16.8 Å². The Kier molecular flexibility index (Phi) is 6.50. The summed E-state index contributed by atoms with van der Waals surface area (Å²) in [6.07, 6.45) is 3.24. The van der Waals surface area contributed by atoms with Gasteiger partial charge in [0.05, 0.1) is 0 Å². The molecule has 0 aliphatic carbocycles. The maximum absolute atomic E-state index is 12.2. The molecule has 0 saturated heterocycles. The average Bonchev–Trinajstić information content (AvgIpc) is 2.72. The smallest absolute Gasteiger partial charge is 0.336 e. The van der Waals surface area contributed by atoms with Gasteiger partial charge in [-0.3, -0.25) is 0 Å². The van der Waals surface area contributed by atoms with E-state index in [1.54, 1.807) is 6.08 Å². The summed E-state index contributed by atoms with van der Waals surface area (Å²) >= 11 is 0. The molecule has 0 heterocycles. The molecule has 0 fully saturated rings. The molecule has 3 rings (SSSR count). The molecule has 0 amide bonds. The van der Waals surface area contributed by atoms with E-state index in [4.69, 9.17) is 4.74 Å². The SMILES string of the molecule is CC(C)(C)c1ccc(/C=C/C(=O)Oc2ccc(-c3ccc(C(C)(C)C)cc3)cc2)cc1. The number of ether oxygens (including phenoxy) is 1. The summed E-state index contributed by atoms with van der Waals surface area (Å²) in [6, 6.07) is 24.4. The minimum atomic E-state index is -0.387. The first kappa shape index (κ1) is 22.6. The third kappa shape index (κ3) is 6.18. The largest absolute Gasteiger partial charge is 0.423 e. The average molecular weight is 413 g/mol. The topological polar surface area (TPSA) is 26.3 Å². The van der Waals surface area contributed by atoms with Gasteiger partial charge >= 0.3 is 5.97 Å². The zero-order chi connectivity index (χ0) is 22.6. The Morgan fingerprint density at radius 3 is 1.52 bits per heavy atom. The van der Waals surface area contributed by atoms with Gasteiger partial charge in [0.15, 0.2) is 0 Å². The van der Waals surface area contributed by atoms with Crippen molar-refractivity contribution in [1.29, 1.82) is 0 Å². The number of hydrogen-bond acceptors (Lipinski definition) is 2. The number of carbonyl (C=O) groups excluding carboxylic acids is 1. The molecule has 0 N–H and O–H groups in total. The van der Waals surface area contributed by atoms with Crippen molar-refractivity contribution < 1.29 is 9.53 Å². The Morgan fingerprint density at radius 1 is 0.645 bits per heavy atom. The summed E-state index contributed by atoms with van der Waals surface area (Å²) in [5, 5.41) is 0. The molecule has 0 saturated carbocycles. The van der Waals surface area contributed by atoms with Crippen LogP contribution in [0.3, 0.4) is 0 Å². The third-order valence-electron chi connectivity index (χ3n) is 5.35. The monoisotopic (exact) mass is 412 g/mol. The van der Waals surface area contributed by atoms with Gasteiger partial charge in [0.1, 0.15) is 5.75 Å². The van der Waals surface area contributed by atoms with Crippen LogP contribution < -0.4 is 4.74 Å². The van der Waals surface area contributed by atoms with E-state index in [1.165, 1.54) is 17.2 Å². The normalized spacial score (nSPS) is 12.2. The predicted octanol–water partition coefficient (Wildman–Crippen LogP) is 7.57. The number of carbonyl (C=O) groups is 1. The Bertz CT molecular complexity index is 1040. The molecule has 31 heavy (non-hydrogen) atoms. The van der Waals surface area contributed by atoms with Crippen molar-refractivity contribution in [2.24, 2.45) is 0 Å². The zero-order valence-electron chi connectivity index (χ0n) is 19.4. The highest BCUT2D eigenvalue weighted by atomic mass is 16.5. The fourth-order valence-corrected chi connectivity index (χ4v) is 3.29. The Hall–Kier alpha value is -3.13. The number of benzene rings is 3. The Balaban J connectivity index is 1.61. The molecule has 0 radical (unpaired) electrons. The van der Waals surface area contributed by atoms with Crippen LogP contribution in [0, 0.1) is 0 Å². The minimum absolute atomic E-state index is 0.113. The highest BCUT2D eigenvalue weighted by Crippen LogP contribution is 2.27. The van der Waals surface area contributed by atoms with Crippen LogP contribution in [0.5, 0.6) is 5.75 Å². The van der Waals surface area contributed by atoms with E-state index < -0.39 is 0 Å². The second-order valence-electron chi connectivity index (χ2n) is 9.98. The highest BCUT2D eigenvalue weighted by molar-refractivity contribution is 5.88. The van der Waals surface area contributed by atoms with E-state index in [9.17, 15) is 4.79 Å². The molecule has 0 spiro atoms. The lowest BCUT2D eigenvalue weighted by Gasteiger charge is -2.19. The van der Waals surface area contributed by atoms with Crippen molar-refractivity contribution in [2.45, 2.75) is 52.4 Å². The van der Waals surface area contributed by atoms with Crippen molar-refractivity contribution in [3.63, 3.8) is 0 Å². The zero-order valence-corrected chi connectivity index (χ0v) is 19.4. The molecule has 0 aromatic heterocycles. The lowest BCUT2D eigenvalue weighted by molar-refractivity contribution is -0.128. The second kappa shape index (κ2) is 8.93. The molecular formula is C29H32O2. The second-order valence-corrected chi connectivity index (χ2v) is 9.98. The van der Waals surface area contributed by atoms with Gasteiger partial charge in [-0.05, 0) is 56.9 Å². The van der Waals surface area contributed by atoms with Crippen molar-refractivity contribution in [2.75, 3.05) is 0 Å². The Labute approximate surface area is 186 Å². The van der Waals surface area contributed by atoms with Gasteiger partial charge in [-0.15, -0.1) is 0 Å². The van der Waals surface area contributed by atoms with Crippen LogP contribution >= 0.6 is 0 Å². The van der Waals surface area contributed by atoms with Crippen LogP contribution in [0.1, 0.15) is 58.2 Å². The fraction of sp³-hybridized carbons (Fsp3) is 0.276. The molecule has 0 atom stereocenters. The Morgan fingerprint density at radius 2 is 1.06 bits per heavy atom. The molecule has 2 nitrogen and oxygen atoms in total. The van der Waals surface area contributed by atoms with Crippen molar-refractivity contribution in [3.8, 4) is 16.9 Å². The summed E-state index contributed by atoms with van der Waals surface area (Å²) in [7, 11) is 0. The molecule has 3 aromatic rings. The van der Waals surface area contributed by atoms with Gasteiger partial charge in [0.2, 0.25) is 0 Å². The third-order valence-corrected chi connectivity index (χ3v) is 5.35. The first-order chi connectivity index (χ1) is 14.5. The summed E-state index contributed by atoms with van der Waals surface area (Å²) in [5.74, 6) is 0.148. The fourth-order valence-electron chi connectivity index (χ4n) is 3.29. The summed E-state index contributed by atoms with van der Waals surface area (Å²) in [5.41, 5.74) is 6.03. The van der Waals surface area contributed by atoms with Crippen molar-refractivity contribution >= 4 is 12.0 Å². The summed E-state index contributed by atoms with van der Waals surface area (Å²) in [6.45, 7) is 13.2. The van der Waals surface area contributed by atoms with E-state index in [2.05, 4.69) is 77.9 Å². The molecule has 3 aromatic carbocycles. The van der Waals surface area contributed by atoms with Crippen LogP contribution in [-0.2, 0) is 15.6 Å². The van der Waals surface area contributed by atoms with E-state index in [0.717, 1.165) is 16.7 Å². The summed E-state index contributed by atoms with van der Waals surface area (Å²) in [4.78, 5) is 12.2. The van der Waals surface area contributed by atoms with Gasteiger partial charge < -0.3 is 4.74 Å². The lowest BCUT2D eigenvalue weighted by atomic mass is 9.86. The minimum Gasteiger partial charge on any atom is -0.423 e. The van der Waals surface area contributed by atoms with Crippen LogP contribution in [0.2, 0.25) is 0 Å². The van der Waals surface area contributed by atoms with Crippen LogP contribution in [-0.4, -0.2) is 5.97 Å². The molecular weight excluding hydrogens is 380 g/mol. The van der Waals surface area contributed by atoms with E-state index in [0.29, 0.717) is 5.75 Å². The highest BCUT2D eigenvalue weighted by Gasteiger charge is 2.13. The van der Waals surface area contributed by atoms with Crippen LogP contribution in [0.4, 0.5) is 0 Å². The first-order valence-electron chi connectivity index (χ1n) is 10.7. The summed E-state index contributed by atoms with van der Waals surface area (Å²) < 4.78 is 5.44. The van der Waals surface area contributed by atoms with E-state index in [1.807, 2.05) is 36.4 Å². The number of esters is 1. The van der Waals surface area contributed by atoms with Gasteiger partial charge in [0, 0.05) is 6.08 Å². The predicted molar refractivity (Wildman–Crippen MR) is 130 cm³/mol. The van der Waals surface area contributed by atoms with E-state index >= 15 is 0 Å². The first-order valence-corrected chi connectivity index (χ1v) is 10.7. The standard InChI is InChI=1S/C29H32O2/c1-28(2,3)24-14-7-21(8-15-24)9-20-27(30)31-26-18-12-23(13-19-26)22-10-16-25(17-11-22)29(4,5)6/h7-20H,1-6H3/b20-9+. The maximum Gasteiger partial charge on any atom is 0.336 e. The maximum atomic E-state index is 12.2. The van der Waals surface area contributed by atoms with Gasteiger partial charge in [-0.2, -0.15) is 0 Å². The number of hydrogen-bond donors (Lipinski definition) is 0. The van der Waals surface area contributed by atoms with Gasteiger partial charge in [0.25, 0.3) is 0 Å². The number of rotatable bonds is 4. The van der Waals surface area contributed by atoms with Gasteiger partial charge in [-0.25, -0.2) is 4.79 Å². The van der Waals surface area contributed by atoms with Gasteiger partial charge in [-0.1, -0.05) is 102 Å². The molecule has 160 valence electrons. The van der Waals surface area contributed by atoms with Crippen LogP contribution in [0.25, 0.3) is 17.2 Å².